The minimum Gasteiger partial charge on any atom is -0.475 e. The SMILES string of the molecule is O=C(Nc1ccc(Cl)cc1)C(Oc1cccc2ccccc12)c1ccccc1. The van der Waals surface area contributed by atoms with Crippen LogP contribution in [-0.4, -0.2) is 5.91 Å². The van der Waals surface area contributed by atoms with Gasteiger partial charge in [-0.2, -0.15) is 0 Å². The summed E-state index contributed by atoms with van der Waals surface area (Å²) in [6, 6.07) is 30.3. The zero-order valence-corrected chi connectivity index (χ0v) is 15.8. The van der Waals surface area contributed by atoms with Crippen molar-refractivity contribution in [3.05, 3.63) is 108 Å². The van der Waals surface area contributed by atoms with E-state index < -0.39 is 6.10 Å². The molecule has 0 aliphatic rings. The molecule has 0 fully saturated rings. The molecular formula is C24H18ClNO2. The molecule has 0 heterocycles. The first-order valence-corrected chi connectivity index (χ1v) is 9.34. The van der Waals surface area contributed by atoms with Crippen LogP contribution in [0.4, 0.5) is 5.69 Å². The minimum atomic E-state index is -0.789. The molecule has 0 aliphatic heterocycles. The monoisotopic (exact) mass is 387 g/mol. The van der Waals surface area contributed by atoms with Gasteiger partial charge in [0.2, 0.25) is 6.10 Å². The molecule has 138 valence electrons. The van der Waals surface area contributed by atoms with Gasteiger partial charge >= 0.3 is 0 Å². The molecule has 0 saturated carbocycles. The van der Waals surface area contributed by atoms with Gasteiger partial charge in [-0.05, 0) is 35.7 Å². The molecule has 4 aromatic rings. The smallest absolute Gasteiger partial charge is 0.270 e. The zero-order chi connectivity index (χ0) is 19.3. The van der Waals surface area contributed by atoms with E-state index in [1.165, 1.54) is 0 Å². The number of carbonyl (C=O) groups excluding carboxylic acids is 1. The van der Waals surface area contributed by atoms with Crippen LogP contribution in [0.25, 0.3) is 10.8 Å². The van der Waals surface area contributed by atoms with Crippen molar-refractivity contribution in [2.75, 3.05) is 5.32 Å². The molecule has 4 aromatic carbocycles. The first-order chi connectivity index (χ1) is 13.7. The Balaban J connectivity index is 1.67. The zero-order valence-electron chi connectivity index (χ0n) is 15.0. The van der Waals surface area contributed by atoms with E-state index in [4.69, 9.17) is 16.3 Å². The summed E-state index contributed by atoms with van der Waals surface area (Å²) in [5.41, 5.74) is 1.44. The van der Waals surface area contributed by atoms with Crippen LogP contribution in [-0.2, 0) is 4.79 Å². The van der Waals surface area contributed by atoms with Crippen LogP contribution in [0.15, 0.2) is 97.1 Å². The lowest BCUT2D eigenvalue weighted by Crippen LogP contribution is -2.25. The number of nitrogens with one attached hydrogen (secondary N) is 1. The van der Waals surface area contributed by atoms with Crippen LogP contribution in [0.5, 0.6) is 5.75 Å². The highest BCUT2D eigenvalue weighted by atomic mass is 35.5. The van der Waals surface area contributed by atoms with Gasteiger partial charge in [-0.3, -0.25) is 4.79 Å². The number of ether oxygens (including phenoxy) is 1. The van der Waals surface area contributed by atoms with Gasteiger partial charge < -0.3 is 10.1 Å². The molecule has 1 unspecified atom stereocenters. The predicted molar refractivity (Wildman–Crippen MR) is 114 cm³/mol. The Morgan fingerprint density at radius 2 is 1.46 bits per heavy atom. The van der Waals surface area contributed by atoms with Gasteiger partial charge in [0, 0.05) is 21.7 Å². The van der Waals surface area contributed by atoms with Gasteiger partial charge in [0.25, 0.3) is 5.91 Å². The number of hydrogen-bond acceptors (Lipinski definition) is 2. The Bertz CT molecular complexity index is 1090. The third kappa shape index (κ3) is 4.00. The molecule has 1 N–H and O–H groups in total. The van der Waals surface area contributed by atoms with Crippen molar-refractivity contribution in [2.45, 2.75) is 6.10 Å². The van der Waals surface area contributed by atoms with Gasteiger partial charge in [-0.25, -0.2) is 0 Å². The Morgan fingerprint density at radius 3 is 2.25 bits per heavy atom. The van der Waals surface area contributed by atoms with E-state index in [9.17, 15) is 4.79 Å². The first kappa shape index (κ1) is 18.1. The number of carbonyl (C=O) groups is 1. The van der Waals surface area contributed by atoms with Crippen molar-refractivity contribution in [1.29, 1.82) is 0 Å². The molecule has 3 nitrogen and oxygen atoms in total. The van der Waals surface area contributed by atoms with Crippen LogP contribution >= 0.6 is 11.6 Å². The van der Waals surface area contributed by atoms with Gasteiger partial charge in [0.15, 0.2) is 0 Å². The third-order valence-corrected chi connectivity index (χ3v) is 4.70. The molecule has 1 atom stereocenters. The molecule has 0 radical (unpaired) electrons. The number of hydrogen-bond donors (Lipinski definition) is 1. The number of halogens is 1. The Hall–Kier alpha value is -3.30. The van der Waals surface area contributed by atoms with Crippen molar-refractivity contribution in [3.8, 4) is 5.75 Å². The fraction of sp³-hybridized carbons (Fsp3) is 0.0417. The number of rotatable bonds is 5. The van der Waals surface area contributed by atoms with E-state index in [2.05, 4.69) is 5.32 Å². The lowest BCUT2D eigenvalue weighted by atomic mass is 10.1. The van der Waals surface area contributed by atoms with Crippen molar-refractivity contribution in [2.24, 2.45) is 0 Å². The summed E-state index contributed by atoms with van der Waals surface area (Å²) in [6.45, 7) is 0. The predicted octanol–water partition coefficient (Wildman–Crippen LogP) is 6.25. The summed E-state index contributed by atoms with van der Waals surface area (Å²) in [7, 11) is 0. The minimum absolute atomic E-state index is 0.249. The van der Waals surface area contributed by atoms with Crippen LogP contribution in [0.3, 0.4) is 0 Å². The average Bonchev–Trinajstić information content (AvgIpc) is 2.74. The Morgan fingerprint density at radius 1 is 0.786 bits per heavy atom. The highest BCUT2D eigenvalue weighted by Crippen LogP contribution is 2.30. The number of fused-ring (bicyclic) bond motifs is 1. The topological polar surface area (TPSA) is 38.3 Å². The summed E-state index contributed by atoms with van der Waals surface area (Å²) >= 11 is 5.93. The summed E-state index contributed by atoms with van der Waals surface area (Å²) in [6.07, 6.45) is -0.789. The quantitative estimate of drug-likeness (QED) is 0.439. The Labute approximate surface area is 168 Å². The maximum absolute atomic E-state index is 13.1. The van der Waals surface area contributed by atoms with E-state index in [0.717, 1.165) is 16.3 Å². The van der Waals surface area contributed by atoms with E-state index in [0.29, 0.717) is 16.5 Å². The van der Waals surface area contributed by atoms with Crippen molar-refractivity contribution < 1.29 is 9.53 Å². The summed E-state index contributed by atoms with van der Waals surface area (Å²) in [4.78, 5) is 13.1. The third-order valence-electron chi connectivity index (χ3n) is 4.45. The highest BCUT2D eigenvalue weighted by Gasteiger charge is 2.23. The molecule has 4 rings (SSSR count). The number of benzene rings is 4. The van der Waals surface area contributed by atoms with E-state index >= 15 is 0 Å². The van der Waals surface area contributed by atoms with Crippen LogP contribution in [0, 0.1) is 0 Å². The summed E-state index contributed by atoms with van der Waals surface area (Å²) in [5.74, 6) is 0.416. The normalized spacial score (nSPS) is 11.8. The van der Waals surface area contributed by atoms with Crippen molar-refractivity contribution >= 4 is 34.0 Å². The van der Waals surface area contributed by atoms with Gasteiger partial charge in [-0.1, -0.05) is 78.3 Å². The second-order valence-corrected chi connectivity index (χ2v) is 6.82. The van der Waals surface area contributed by atoms with E-state index in [1.54, 1.807) is 24.3 Å². The van der Waals surface area contributed by atoms with Crippen molar-refractivity contribution in [1.82, 2.24) is 0 Å². The Kier molecular flexibility index (Phi) is 5.27. The fourth-order valence-electron chi connectivity index (χ4n) is 3.07. The van der Waals surface area contributed by atoms with Gasteiger partial charge in [-0.15, -0.1) is 0 Å². The van der Waals surface area contributed by atoms with Gasteiger partial charge in [0.05, 0.1) is 0 Å². The molecular weight excluding hydrogens is 370 g/mol. The molecule has 28 heavy (non-hydrogen) atoms. The summed E-state index contributed by atoms with van der Waals surface area (Å²) in [5, 5.41) is 5.55. The van der Waals surface area contributed by atoms with Crippen LogP contribution in [0.1, 0.15) is 11.7 Å². The molecule has 0 spiro atoms. The van der Waals surface area contributed by atoms with E-state index in [-0.39, 0.29) is 5.91 Å². The molecule has 0 aromatic heterocycles. The van der Waals surface area contributed by atoms with Crippen molar-refractivity contribution in [3.63, 3.8) is 0 Å². The number of amides is 1. The molecule has 4 heteroatoms. The van der Waals surface area contributed by atoms with Crippen LogP contribution < -0.4 is 10.1 Å². The average molecular weight is 388 g/mol. The second-order valence-electron chi connectivity index (χ2n) is 6.38. The van der Waals surface area contributed by atoms with Gasteiger partial charge in [0.1, 0.15) is 5.75 Å². The maximum atomic E-state index is 13.1. The fourth-order valence-corrected chi connectivity index (χ4v) is 3.19. The highest BCUT2D eigenvalue weighted by molar-refractivity contribution is 6.30. The molecule has 0 aliphatic carbocycles. The molecule has 1 amide bonds. The number of anilines is 1. The first-order valence-electron chi connectivity index (χ1n) is 8.96. The molecule has 0 bridgehead atoms. The van der Waals surface area contributed by atoms with Crippen LogP contribution in [0.2, 0.25) is 5.02 Å². The maximum Gasteiger partial charge on any atom is 0.270 e. The largest absolute Gasteiger partial charge is 0.475 e. The lowest BCUT2D eigenvalue weighted by molar-refractivity contribution is -0.123. The second kappa shape index (κ2) is 8.15. The van der Waals surface area contributed by atoms with E-state index in [1.807, 2.05) is 72.8 Å². The lowest BCUT2D eigenvalue weighted by Gasteiger charge is -2.20. The standard InChI is InChI=1S/C24H18ClNO2/c25-19-13-15-20(16-14-19)26-24(27)23(18-8-2-1-3-9-18)28-22-12-6-10-17-7-4-5-11-21(17)22/h1-16,23H,(H,26,27). The summed E-state index contributed by atoms with van der Waals surface area (Å²) < 4.78 is 6.23. The molecule has 0 saturated heterocycles.